The van der Waals surface area contributed by atoms with E-state index in [1.807, 2.05) is 30.3 Å². The lowest BCUT2D eigenvalue weighted by Gasteiger charge is -2.14. The van der Waals surface area contributed by atoms with Crippen molar-refractivity contribution in [3.8, 4) is 0 Å². The molecule has 0 aliphatic rings. The minimum Gasteiger partial charge on any atom is -0.479 e. The van der Waals surface area contributed by atoms with Crippen molar-refractivity contribution in [2.45, 2.75) is 12.7 Å². The summed E-state index contributed by atoms with van der Waals surface area (Å²) in [6.07, 6.45) is -0.333. The molecule has 0 amide bonds. The zero-order chi connectivity index (χ0) is 14.4. The SMILES string of the molecule is O=Cc1ccc(C(OCc2ccccc2)C(=O)O)cc1. The van der Waals surface area contributed by atoms with E-state index in [0.717, 1.165) is 5.56 Å². The van der Waals surface area contributed by atoms with Gasteiger partial charge >= 0.3 is 5.97 Å². The maximum atomic E-state index is 11.3. The lowest BCUT2D eigenvalue weighted by atomic mass is 10.1. The molecule has 102 valence electrons. The third-order valence-corrected chi connectivity index (χ3v) is 2.86. The van der Waals surface area contributed by atoms with Gasteiger partial charge in [0.05, 0.1) is 6.61 Å². The van der Waals surface area contributed by atoms with Crippen LogP contribution in [-0.2, 0) is 16.1 Å². The van der Waals surface area contributed by atoms with E-state index in [1.165, 1.54) is 0 Å². The van der Waals surface area contributed by atoms with Crippen LogP contribution in [0.2, 0.25) is 0 Å². The molecule has 20 heavy (non-hydrogen) atoms. The molecule has 0 saturated carbocycles. The van der Waals surface area contributed by atoms with Gasteiger partial charge in [-0.15, -0.1) is 0 Å². The van der Waals surface area contributed by atoms with Crippen molar-refractivity contribution in [2.75, 3.05) is 0 Å². The average Bonchev–Trinajstić information content (AvgIpc) is 2.49. The number of hydrogen-bond acceptors (Lipinski definition) is 3. The van der Waals surface area contributed by atoms with E-state index in [4.69, 9.17) is 4.74 Å². The standard InChI is InChI=1S/C16H14O4/c17-10-12-6-8-14(9-7-12)15(16(18)19)20-11-13-4-2-1-3-5-13/h1-10,15H,11H2,(H,18,19). The highest BCUT2D eigenvalue weighted by Gasteiger charge is 2.20. The molecule has 0 radical (unpaired) electrons. The Hall–Kier alpha value is -2.46. The van der Waals surface area contributed by atoms with E-state index < -0.39 is 12.1 Å². The van der Waals surface area contributed by atoms with E-state index in [1.54, 1.807) is 24.3 Å². The predicted octanol–water partition coefficient (Wildman–Crippen LogP) is 2.84. The summed E-state index contributed by atoms with van der Waals surface area (Å²) in [6, 6.07) is 15.7. The molecule has 2 aromatic carbocycles. The van der Waals surface area contributed by atoms with Crippen LogP contribution in [0.25, 0.3) is 0 Å². The Morgan fingerprint density at radius 1 is 1.10 bits per heavy atom. The second-order valence-corrected chi connectivity index (χ2v) is 4.30. The average molecular weight is 270 g/mol. The summed E-state index contributed by atoms with van der Waals surface area (Å²) >= 11 is 0. The van der Waals surface area contributed by atoms with E-state index in [2.05, 4.69) is 0 Å². The molecule has 4 heteroatoms. The van der Waals surface area contributed by atoms with Crippen LogP contribution in [0, 0.1) is 0 Å². The molecule has 4 nitrogen and oxygen atoms in total. The summed E-state index contributed by atoms with van der Waals surface area (Å²) in [6.45, 7) is 0.216. The summed E-state index contributed by atoms with van der Waals surface area (Å²) in [5.41, 5.74) is 1.92. The molecule has 1 atom stereocenters. The molecule has 0 saturated heterocycles. The number of ether oxygens (including phenoxy) is 1. The number of carboxylic acids is 1. The second kappa shape index (κ2) is 6.63. The van der Waals surface area contributed by atoms with Gasteiger partial charge in [-0.3, -0.25) is 4.79 Å². The molecule has 0 aliphatic carbocycles. The molecule has 0 spiro atoms. The fourth-order valence-corrected chi connectivity index (χ4v) is 1.81. The van der Waals surface area contributed by atoms with Crippen molar-refractivity contribution in [3.63, 3.8) is 0 Å². The van der Waals surface area contributed by atoms with E-state index in [9.17, 15) is 14.7 Å². The maximum Gasteiger partial charge on any atom is 0.337 e. The van der Waals surface area contributed by atoms with Crippen molar-refractivity contribution in [3.05, 3.63) is 71.3 Å². The van der Waals surface area contributed by atoms with Gasteiger partial charge in [0.25, 0.3) is 0 Å². The van der Waals surface area contributed by atoms with Gasteiger partial charge in [-0.25, -0.2) is 4.79 Å². The van der Waals surface area contributed by atoms with E-state index in [-0.39, 0.29) is 6.61 Å². The van der Waals surface area contributed by atoms with Crippen LogP contribution in [-0.4, -0.2) is 17.4 Å². The summed E-state index contributed by atoms with van der Waals surface area (Å²) in [4.78, 5) is 21.9. The number of aldehydes is 1. The molecular weight excluding hydrogens is 256 g/mol. The molecule has 1 unspecified atom stereocenters. The molecule has 2 aromatic rings. The zero-order valence-corrected chi connectivity index (χ0v) is 10.7. The third-order valence-electron chi connectivity index (χ3n) is 2.86. The van der Waals surface area contributed by atoms with Gasteiger partial charge in [0.2, 0.25) is 0 Å². The molecule has 0 fully saturated rings. The number of carbonyl (C=O) groups is 2. The largest absolute Gasteiger partial charge is 0.479 e. The van der Waals surface area contributed by atoms with Crippen LogP contribution in [0.3, 0.4) is 0 Å². The Kier molecular flexibility index (Phi) is 4.63. The maximum absolute atomic E-state index is 11.3. The number of rotatable bonds is 6. The minimum atomic E-state index is -1.06. The van der Waals surface area contributed by atoms with Crippen LogP contribution in [0.15, 0.2) is 54.6 Å². The molecule has 0 bridgehead atoms. The van der Waals surface area contributed by atoms with Crippen LogP contribution < -0.4 is 0 Å². The Labute approximate surface area is 116 Å². The number of benzene rings is 2. The van der Waals surface area contributed by atoms with E-state index in [0.29, 0.717) is 17.4 Å². The van der Waals surface area contributed by atoms with Gasteiger partial charge < -0.3 is 9.84 Å². The van der Waals surface area contributed by atoms with Crippen molar-refractivity contribution in [1.82, 2.24) is 0 Å². The normalized spacial score (nSPS) is 11.8. The fraction of sp³-hybridized carbons (Fsp3) is 0.125. The lowest BCUT2D eigenvalue weighted by Crippen LogP contribution is -2.15. The molecule has 1 N–H and O–H groups in total. The topological polar surface area (TPSA) is 63.6 Å². The number of carboxylic acid groups (broad SMARTS) is 1. The Balaban J connectivity index is 2.10. The highest BCUT2D eigenvalue weighted by Crippen LogP contribution is 2.20. The number of aliphatic carboxylic acids is 1. The summed E-state index contributed by atoms with van der Waals surface area (Å²) in [5.74, 6) is -1.06. The first-order valence-electron chi connectivity index (χ1n) is 6.14. The van der Waals surface area contributed by atoms with Crippen LogP contribution in [0.4, 0.5) is 0 Å². The van der Waals surface area contributed by atoms with Gasteiger partial charge in [-0.1, -0.05) is 54.6 Å². The predicted molar refractivity (Wildman–Crippen MR) is 73.4 cm³/mol. The molecule has 0 heterocycles. The highest BCUT2D eigenvalue weighted by molar-refractivity contribution is 5.77. The van der Waals surface area contributed by atoms with Gasteiger partial charge in [-0.05, 0) is 11.1 Å². The van der Waals surface area contributed by atoms with Crippen LogP contribution >= 0.6 is 0 Å². The first-order valence-corrected chi connectivity index (χ1v) is 6.14. The lowest BCUT2D eigenvalue weighted by molar-refractivity contribution is -0.151. The van der Waals surface area contributed by atoms with Crippen LogP contribution in [0.5, 0.6) is 0 Å². The quantitative estimate of drug-likeness (QED) is 0.820. The number of hydrogen-bond donors (Lipinski definition) is 1. The van der Waals surface area contributed by atoms with Crippen molar-refractivity contribution >= 4 is 12.3 Å². The summed E-state index contributed by atoms with van der Waals surface area (Å²) in [7, 11) is 0. The second-order valence-electron chi connectivity index (χ2n) is 4.30. The van der Waals surface area contributed by atoms with Crippen molar-refractivity contribution < 1.29 is 19.4 Å². The molecule has 0 aromatic heterocycles. The first-order chi connectivity index (χ1) is 9.70. The first kappa shape index (κ1) is 14.0. The van der Waals surface area contributed by atoms with Crippen LogP contribution in [0.1, 0.15) is 27.6 Å². The Bertz CT molecular complexity index is 575. The Morgan fingerprint density at radius 3 is 2.30 bits per heavy atom. The van der Waals surface area contributed by atoms with Gasteiger partial charge in [0.1, 0.15) is 6.29 Å². The zero-order valence-electron chi connectivity index (χ0n) is 10.7. The number of carbonyl (C=O) groups excluding carboxylic acids is 1. The molecule has 0 aliphatic heterocycles. The van der Waals surface area contributed by atoms with Gasteiger partial charge in [0.15, 0.2) is 6.10 Å². The minimum absolute atomic E-state index is 0.216. The molecule has 2 rings (SSSR count). The van der Waals surface area contributed by atoms with Gasteiger partial charge in [0, 0.05) is 5.56 Å². The summed E-state index contributed by atoms with van der Waals surface area (Å²) < 4.78 is 5.46. The van der Waals surface area contributed by atoms with Gasteiger partial charge in [-0.2, -0.15) is 0 Å². The van der Waals surface area contributed by atoms with E-state index >= 15 is 0 Å². The Morgan fingerprint density at radius 2 is 1.75 bits per heavy atom. The third kappa shape index (κ3) is 3.52. The van der Waals surface area contributed by atoms with Crippen molar-refractivity contribution in [2.24, 2.45) is 0 Å². The van der Waals surface area contributed by atoms with Crippen molar-refractivity contribution in [1.29, 1.82) is 0 Å². The fourth-order valence-electron chi connectivity index (χ4n) is 1.81. The molecular formula is C16H14O4. The smallest absolute Gasteiger partial charge is 0.337 e. The highest BCUT2D eigenvalue weighted by atomic mass is 16.5. The monoisotopic (exact) mass is 270 g/mol. The summed E-state index contributed by atoms with van der Waals surface area (Å²) in [5, 5.41) is 9.24.